The molecule has 0 spiro atoms. The molecule has 0 aliphatic carbocycles. The monoisotopic (exact) mass is 258 g/mol. The van der Waals surface area contributed by atoms with Crippen LogP contribution in [0.3, 0.4) is 0 Å². The first kappa shape index (κ1) is 14.8. The lowest BCUT2D eigenvalue weighted by Gasteiger charge is -2.36. The highest BCUT2D eigenvalue weighted by atomic mass is 32.2. The molecule has 2 unspecified atom stereocenters. The van der Waals surface area contributed by atoms with E-state index >= 15 is 0 Å². The summed E-state index contributed by atoms with van der Waals surface area (Å²) in [5.41, 5.74) is -0.163. The standard InChI is InChI=1S/C13H26N2OS/c1-4-11(9-17-3)15-12(16)13(5-2)7-6-8-14-10-13/h11,14H,4-10H2,1-3H3,(H,15,16). The molecule has 4 heteroatoms. The second-order valence-electron chi connectivity index (χ2n) is 4.95. The number of nitrogens with one attached hydrogen (secondary N) is 2. The van der Waals surface area contributed by atoms with Crippen molar-refractivity contribution < 1.29 is 4.79 Å². The molecular weight excluding hydrogens is 232 g/mol. The third kappa shape index (κ3) is 3.88. The Balaban J connectivity index is 2.58. The van der Waals surface area contributed by atoms with Crippen molar-refractivity contribution in [3.63, 3.8) is 0 Å². The van der Waals surface area contributed by atoms with Crippen molar-refractivity contribution in [2.75, 3.05) is 25.1 Å². The average Bonchev–Trinajstić information content (AvgIpc) is 2.38. The molecule has 100 valence electrons. The summed E-state index contributed by atoms with van der Waals surface area (Å²) in [5.74, 6) is 1.27. The molecule has 3 nitrogen and oxygen atoms in total. The highest BCUT2D eigenvalue weighted by Gasteiger charge is 2.38. The normalized spacial score (nSPS) is 26.5. The lowest BCUT2D eigenvalue weighted by molar-refractivity contribution is -0.133. The summed E-state index contributed by atoms with van der Waals surface area (Å²) in [4.78, 5) is 12.4. The molecule has 2 N–H and O–H groups in total. The molecule has 1 aliphatic heterocycles. The Labute approximate surface area is 109 Å². The molecule has 0 aromatic rings. The van der Waals surface area contributed by atoms with Crippen molar-refractivity contribution in [3.05, 3.63) is 0 Å². The number of amides is 1. The number of carbonyl (C=O) groups is 1. The summed E-state index contributed by atoms with van der Waals surface area (Å²) >= 11 is 1.80. The van der Waals surface area contributed by atoms with Crippen molar-refractivity contribution in [3.8, 4) is 0 Å². The fourth-order valence-electron chi connectivity index (χ4n) is 2.43. The Morgan fingerprint density at radius 2 is 2.29 bits per heavy atom. The van der Waals surface area contributed by atoms with Gasteiger partial charge in [0.25, 0.3) is 0 Å². The van der Waals surface area contributed by atoms with E-state index in [1.165, 1.54) is 0 Å². The molecule has 0 aromatic heterocycles. The zero-order valence-electron chi connectivity index (χ0n) is 11.3. The molecule has 1 heterocycles. The maximum absolute atomic E-state index is 12.4. The molecular formula is C13H26N2OS. The van der Waals surface area contributed by atoms with Crippen molar-refractivity contribution in [1.82, 2.24) is 10.6 Å². The quantitative estimate of drug-likeness (QED) is 0.766. The van der Waals surface area contributed by atoms with Crippen LogP contribution < -0.4 is 10.6 Å². The van der Waals surface area contributed by atoms with Crippen molar-refractivity contribution in [2.45, 2.75) is 45.6 Å². The Hall–Kier alpha value is -0.220. The summed E-state index contributed by atoms with van der Waals surface area (Å²) in [5, 5.41) is 6.59. The van der Waals surface area contributed by atoms with Crippen LogP contribution in [0.25, 0.3) is 0 Å². The van der Waals surface area contributed by atoms with Gasteiger partial charge in [-0.25, -0.2) is 0 Å². The van der Waals surface area contributed by atoms with Gasteiger partial charge < -0.3 is 10.6 Å². The largest absolute Gasteiger partial charge is 0.352 e. The second-order valence-corrected chi connectivity index (χ2v) is 5.86. The molecule has 0 radical (unpaired) electrons. The first-order chi connectivity index (χ1) is 8.18. The number of carbonyl (C=O) groups excluding carboxylic acids is 1. The first-order valence-electron chi connectivity index (χ1n) is 6.69. The van der Waals surface area contributed by atoms with Crippen molar-refractivity contribution in [1.29, 1.82) is 0 Å². The molecule has 1 fully saturated rings. The van der Waals surface area contributed by atoms with E-state index in [-0.39, 0.29) is 11.3 Å². The van der Waals surface area contributed by atoms with Gasteiger partial charge in [-0.3, -0.25) is 4.79 Å². The fraction of sp³-hybridized carbons (Fsp3) is 0.923. The van der Waals surface area contributed by atoms with Crippen LogP contribution in [0, 0.1) is 5.41 Å². The zero-order chi connectivity index (χ0) is 12.7. The lowest BCUT2D eigenvalue weighted by atomic mass is 9.77. The Morgan fingerprint density at radius 3 is 2.76 bits per heavy atom. The van der Waals surface area contributed by atoms with E-state index in [1.54, 1.807) is 11.8 Å². The molecule has 1 aliphatic rings. The van der Waals surface area contributed by atoms with E-state index < -0.39 is 0 Å². The summed E-state index contributed by atoms with van der Waals surface area (Å²) in [7, 11) is 0. The molecule has 17 heavy (non-hydrogen) atoms. The summed E-state index contributed by atoms with van der Waals surface area (Å²) in [6, 6.07) is 0.322. The van der Waals surface area contributed by atoms with Gasteiger partial charge in [0.05, 0.1) is 5.41 Å². The minimum Gasteiger partial charge on any atom is -0.352 e. The van der Waals surface area contributed by atoms with Gasteiger partial charge in [0.1, 0.15) is 0 Å². The van der Waals surface area contributed by atoms with Crippen LogP contribution in [0.5, 0.6) is 0 Å². The Morgan fingerprint density at radius 1 is 1.53 bits per heavy atom. The predicted octanol–water partition coefficient (Wildman–Crippen LogP) is 2.02. The molecule has 0 bridgehead atoms. The van der Waals surface area contributed by atoms with Crippen LogP contribution in [-0.4, -0.2) is 37.0 Å². The number of hydrogen-bond acceptors (Lipinski definition) is 3. The second kappa shape index (κ2) is 7.27. The van der Waals surface area contributed by atoms with Crippen LogP contribution in [0.4, 0.5) is 0 Å². The minimum atomic E-state index is -0.163. The smallest absolute Gasteiger partial charge is 0.227 e. The minimum absolute atomic E-state index is 0.163. The van der Waals surface area contributed by atoms with E-state index in [9.17, 15) is 4.79 Å². The van der Waals surface area contributed by atoms with Gasteiger partial charge in [-0.15, -0.1) is 0 Å². The maximum atomic E-state index is 12.4. The molecule has 1 saturated heterocycles. The van der Waals surface area contributed by atoms with E-state index in [4.69, 9.17) is 0 Å². The average molecular weight is 258 g/mol. The first-order valence-corrected chi connectivity index (χ1v) is 8.08. The van der Waals surface area contributed by atoms with Crippen LogP contribution in [0.2, 0.25) is 0 Å². The number of hydrogen-bond donors (Lipinski definition) is 2. The van der Waals surface area contributed by atoms with Crippen LogP contribution in [0.15, 0.2) is 0 Å². The van der Waals surface area contributed by atoms with Crippen molar-refractivity contribution in [2.24, 2.45) is 5.41 Å². The van der Waals surface area contributed by atoms with Crippen molar-refractivity contribution >= 4 is 17.7 Å². The molecule has 0 aromatic carbocycles. The SMILES string of the molecule is CCC(CSC)NC(=O)C1(CC)CCCNC1. The summed E-state index contributed by atoms with van der Waals surface area (Å²) < 4.78 is 0. The fourth-order valence-corrected chi connectivity index (χ4v) is 3.15. The van der Waals surface area contributed by atoms with Gasteiger partial charge in [0.15, 0.2) is 0 Å². The van der Waals surface area contributed by atoms with Crippen LogP contribution in [0.1, 0.15) is 39.5 Å². The third-order valence-electron chi connectivity index (χ3n) is 3.83. The third-order valence-corrected chi connectivity index (χ3v) is 4.56. The number of piperidine rings is 1. The highest BCUT2D eigenvalue weighted by molar-refractivity contribution is 7.98. The van der Waals surface area contributed by atoms with E-state index in [2.05, 4.69) is 30.7 Å². The van der Waals surface area contributed by atoms with Gasteiger partial charge in [-0.2, -0.15) is 11.8 Å². The lowest BCUT2D eigenvalue weighted by Crippen LogP contribution is -2.52. The summed E-state index contributed by atoms with van der Waals surface area (Å²) in [6.45, 7) is 6.16. The van der Waals surface area contributed by atoms with Gasteiger partial charge >= 0.3 is 0 Å². The van der Waals surface area contributed by atoms with Crippen LogP contribution >= 0.6 is 11.8 Å². The maximum Gasteiger partial charge on any atom is 0.227 e. The van der Waals surface area contributed by atoms with E-state index in [0.29, 0.717) is 6.04 Å². The topological polar surface area (TPSA) is 41.1 Å². The molecule has 1 amide bonds. The van der Waals surface area contributed by atoms with Crippen LogP contribution in [-0.2, 0) is 4.79 Å². The zero-order valence-corrected chi connectivity index (χ0v) is 12.2. The van der Waals surface area contributed by atoms with Gasteiger partial charge in [0, 0.05) is 18.3 Å². The van der Waals surface area contributed by atoms with E-state index in [1.807, 2.05) is 0 Å². The number of thioether (sulfide) groups is 1. The van der Waals surface area contributed by atoms with E-state index in [0.717, 1.165) is 44.5 Å². The number of rotatable bonds is 6. The van der Waals surface area contributed by atoms with Gasteiger partial charge in [-0.05, 0) is 38.5 Å². The Kier molecular flexibility index (Phi) is 6.34. The highest BCUT2D eigenvalue weighted by Crippen LogP contribution is 2.30. The molecule has 2 atom stereocenters. The molecule has 1 rings (SSSR count). The Bertz CT molecular complexity index is 240. The summed E-state index contributed by atoms with van der Waals surface area (Å²) in [6.07, 6.45) is 6.17. The molecule has 0 saturated carbocycles. The predicted molar refractivity (Wildman–Crippen MR) is 75.4 cm³/mol. The van der Waals surface area contributed by atoms with Gasteiger partial charge in [0.2, 0.25) is 5.91 Å². The van der Waals surface area contributed by atoms with Gasteiger partial charge in [-0.1, -0.05) is 13.8 Å².